The van der Waals surface area contributed by atoms with E-state index in [1.54, 1.807) is 17.0 Å². The number of hydrogen-bond donors (Lipinski definition) is 0. The summed E-state index contributed by atoms with van der Waals surface area (Å²) < 4.78 is 0.746. The van der Waals surface area contributed by atoms with Crippen molar-refractivity contribution < 1.29 is 4.79 Å². The van der Waals surface area contributed by atoms with E-state index in [0.29, 0.717) is 18.5 Å². The number of carbonyl (C=O) groups is 1. The van der Waals surface area contributed by atoms with Gasteiger partial charge in [-0.3, -0.25) is 4.79 Å². The van der Waals surface area contributed by atoms with Crippen LogP contribution in [0.15, 0.2) is 35.3 Å². The van der Waals surface area contributed by atoms with Crippen LogP contribution in [0.2, 0.25) is 0 Å². The molecule has 86 valence electrons. The molecule has 1 fully saturated rings. The highest BCUT2D eigenvalue weighted by Crippen LogP contribution is 2.28. The van der Waals surface area contributed by atoms with E-state index in [1.165, 1.54) is 0 Å². The SMILES string of the molecule is C=CC1CC(=O)N(c2ccc(Br)c(C#N)c2)C1. The van der Waals surface area contributed by atoms with E-state index in [9.17, 15) is 4.79 Å². The van der Waals surface area contributed by atoms with Crippen LogP contribution in [0.1, 0.15) is 12.0 Å². The van der Waals surface area contributed by atoms with Crippen molar-refractivity contribution in [3.8, 4) is 6.07 Å². The summed E-state index contributed by atoms with van der Waals surface area (Å²) in [7, 11) is 0. The van der Waals surface area contributed by atoms with Crippen LogP contribution in [0.3, 0.4) is 0 Å². The maximum Gasteiger partial charge on any atom is 0.227 e. The number of carbonyl (C=O) groups excluding carboxylic acids is 1. The summed E-state index contributed by atoms with van der Waals surface area (Å²) in [6, 6.07) is 7.46. The molecule has 1 aliphatic heterocycles. The summed E-state index contributed by atoms with van der Waals surface area (Å²) in [6.45, 7) is 4.36. The first-order valence-electron chi connectivity index (χ1n) is 5.28. The van der Waals surface area contributed by atoms with Crippen molar-refractivity contribution in [2.75, 3.05) is 11.4 Å². The topological polar surface area (TPSA) is 44.1 Å². The number of nitriles is 1. The van der Waals surface area contributed by atoms with Gasteiger partial charge >= 0.3 is 0 Å². The molecule has 17 heavy (non-hydrogen) atoms. The molecule has 0 aromatic heterocycles. The Kier molecular flexibility index (Phi) is 3.30. The molecule has 1 unspecified atom stereocenters. The Hall–Kier alpha value is -1.60. The van der Waals surface area contributed by atoms with Gasteiger partial charge in [-0.2, -0.15) is 5.26 Å². The molecule has 1 aliphatic rings. The Bertz CT molecular complexity index is 519. The number of halogens is 1. The highest BCUT2D eigenvalue weighted by molar-refractivity contribution is 9.10. The van der Waals surface area contributed by atoms with Gasteiger partial charge in [-0.15, -0.1) is 6.58 Å². The molecule has 1 aromatic rings. The van der Waals surface area contributed by atoms with Crippen LogP contribution < -0.4 is 4.90 Å². The summed E-state index contributed by atoms with van der Waals surface area (Å²) in [5.74, 6) is 0.290. The molecule has 0 aliphatic carbocycles. The van der Waals surface area contributed by atoms with Crippen molar-refractivity contribution in [2.24, 2.45) is 5.92 Å². The van der Waals surface area contributed by atoms with Gasteiger partial charge in [0.05, 0.1) is 5.56 Å². The molecule has 1 saturated heterocycles. The molecule has 1 heterocycles. The standard InChI is InChI=1S/C13H11BrN2O/c1-2-9-5-13(17)16(8-9)11-3-4-12(14)10(6-11)7-15/h2-4,6,9H,1,5,8H2. The number of benzene rings is 1. The third-order valence-electron chi connectivity index (χ3n) is 2.87. The van der Waals surface area contributed by atoms with Crippen molar-refractivity contribution >= 4 is 27.5 Å². The molecule has 0 spiro atoms. The van der Waals surface area contributed by atoms with Crippen molar-refractivity contribution in [1.29, 1.82) is 5.26 Å². The van der Waals surface area contributed by atoms with Gasteiger partial charge in [-0.25, -0.2) is 0 Å². The van der Waals surface area contributed by atoms with E-state index < -0.39 is 0 Å². The van der Waals surface area contributed by atoms with Crippen LogP contribution in [-0.2, 0) is 4.79 Å². The second-order valence-corrected chi connectivity index (χ2v) is 4.83. The van der Waals surface area contributed by atoms with E-state index >= 15 is 0 Å². The minimum Gasteiger partial charge on any atom is -0.312 e. The molecule has 0 bridgehead atoms. The number of hydrogen-bond acceptors (Lipinski definition) is 2. The van der Waals surface area contributed by atoms with Crippen molar-refractivity contribution in [3.63, 3.8) is 0 Å². The predicted molar refractivity (Wildman–Crippen MR) is 69.5 cm³/mol. The number of anilines is 1. The van der Waals surface area contributed by atoms with Gasteiger partial charge < -0.3 is 4.90 Å². The molecule has 1 aromatic carbocycles. The maximum atomic E-state index is 11.8. The molecule has 0 saturated carbocycles. The largest absolute Gasteiger partial charge is 0.312 e. The summed E-state index contributed by atoms with van der Waals surface area (Å²) in [4.78, 5) is 13.5. The van der Waals surface area contributed by atoms with Gasteiger partial charge in [0.25, 0.3) is 0 Å². The fourth-order valence-corrected chi connectivity index (χ4v) is 2.24. The maximum absolute atomic E-state index is 11.8. The van der Waals surface area contributed by atoms with Crippen molar-refractivity contribution in [1.82, 2.24) is 0 Å². The average molecular weight is 291 g/mol. The normalized spacial score (nSPS) is 19.2. The van der Waals surface area contributed by atoms with Crippen LogP contribution in [0.5, 0.6) is 0 Å². The lowest BCUT2D eigenvalue weighted by atomic mass is 10.1. The van der Waals surface area contributed by atoms with E-state index in [-0.39, 0.29) is 11.8 Å². The monoisotopic (exact) mass is 290 g/mol. The molecule has 2 rings (SSSR count). The summed E-state index contributed by atoms with van der Waals surface area (Å²) in [5, 5.41) is 8.95. The highest BCUT2D eigenvalue weighted by Gasteiger charge is 2.28. The lowest BCUT2D eigenvalue weighted by Crippen LogP contribution is -2.24. The first-order chi connectivity index (χ1) is 8.15. The van der Waals surface area contributed by atoms with Gasteiger partial charge in [-0.05, 0) is 34.1 Å². The molecule has 1 amide bonds. The Balaban J connectivity index is 2.33. The number of nitrogens with zero attached hydrogens (tertiary/aromatic N) is 2. The average Bonchev–Trinajstić information content (AvgIpc) is 2.71. The molecule has 4 heteroatoms. The zero-order valence-corrected chi connectivity index (χ0v) is 10.8. The minimum absolute atomic E-state index is 0.0844. The first-order valence-corrected chi connectivity index (χ1v) is 6.07. The predicted octanol–water partition coefficient (Wildman–Crippen LogP) is 2.86. The van der Waals surface area contributed by atoms with Gasteiger partial charge in [0.15, 0.2) is 0 Å². The Morgan fingerprint density at radius 2 is 2.35 bits per heavy atom. The van der Waals surface area contributed by atoms with Gasteiger partial charge in [-0.1, -0.05) is 6.08 Å². The lowest BCUT2D eigenvalue weighted by molar-refractivity contribution is -0.117. The quantitative estimate of drug-likeness (QED) is 0.786. The zero-order valence-electron chi connectivity index (χ0n) is 9.19. The van der Waals surface area contributed by atoms with Crippen molar-refractivity contribution in [3.05, 3.63) is 40.9 Å². The van der Waals surface area contributed by atoms with Crippen LogP contribution in [-0.4, -0.2) is 12.5 Å². The Morgan fingerprint density at radius 1 is 1.59 bits per heavy atom. The second-order valence-electron chi connectivity index (χ2n) is 3.98. The first kappa shape index (κ1) is 11.9. The Morgan fingerprint density at radius 3 is 2.94 bits per heavy atom. The lowest BCUT2D eigenvalue weighted by Gasteiger charge is -2.16. The third-order valence-corrected chi connectivity index (χ3v) is 3.56. The molecular formula is C13H11BrN2O. The number of rotatable bonds is 2. The fourth-order valence-electron chi connectivity index (χ4n) is 1.91. The summed E-state index contributed by atoms with van der Waals surface area (Å²) in [6.07, 6.45) is 2.31. The molecule has 0 N–H and O–H groups in total. The number of amides is 1. The summed E-state index contributed by atoms with van der Waals surface area (Å²) in [5.41, 5.74) is 1.32. The van der Waals surface area contributed by atoms with E-state index in [4.69, 9.17) is 5.26 Å². The van der Waals surface area contributed by atoms with Crippen LogP contribution in [0.25, 0.3) is 0 Å². The van der Waals surface area contributed by atoms with E-state index in [2.05, 4.69) is 28.6 Å². The van der Waals surface area contributed by atoms with Crippen LogP contribution >= 0.6 is 15.9 Å². The third kappa shape index (κ3) is 2.25. The molecule has 1 atom stereocenters. The second kappa shape index (κ2) is 4.72. The van der Waals surface area contributed by atoms with E-state index in [1.807, 2.05) is 12.1 Å². The highest BCUT2D eigenvalue weighted by atomic mass is 79.9. The fraction of sp³-hybridized carbons (Fsp3) is 0.231. The van der Waals surface area contributed by atoms with Crippen LogP contribution in [0, 0.1) is 17.2 Å². The molecule has 3 nitrogen and oxygen atoms in total. The van der Waals surface area contributed by atoms with Crippen molar-refractivity contribution in [2.45, 2.75) is 6.42 Å². The van der Waals surface area contributed by atoms with E-state index in [0.717, 1.165) is 10.2 Å². The minimum atomic E-state index is 0.0844. The summed E-state index contributed by atoms with van der Waals surface area (Å²) >= 11 is 3.30. The smallest absolute Gasteiger partial charge is 0.227 e. The van der Waals surface area contributed by atoms with Gasteiger partial charge in [0, 0.05) is 29.0 Å². The van der Waals surface area contributed by atoms with Gasteiger partial charge in [0.2, 0.25) is 5.91 Å². The Labute approximate surface area is 108 Å². The zero-order chi connectivity index (χ0) is 12.4. The molecule has 0 radical (unpaired) electrons. The van der Waals surface area contributed by atoms with Gasteiger partial charge in [0.1, 0.15) is 6.07 Å². The molecular weight excluding hydrogens is 280 g/mol. The van der Waals surface area contributed by atoms with Crippen LogP contribution in [0.4, 0.5) is 5.69 Å².